The summed E-state index contributed by atoms with van der Waals surface area (Å²) in [6, 6.07) is 34.4. The van der Waals surface area contributed by atoms with Crippen LogP contribution in [0.4, 0.5) is 17.3 Å². The molecule has 30 heteroatoms. The summed E-state index contributed by atoms with van der Waals surface area (Å²) in [7, 11) is -9.24. The highest BCUT2D eigenvalue weighted by molar-refractivity contribution is 7.52. The fourth-order valence-corrected chi connectivity index (χ4v) is 13.7. The molecule has 7 N–H and O–H groups in total. The van der Waals surface area contributed by atoms with Gasteiger partial charge in [0.05, 0.1) is 25.9 Å². The van der Waals surface area contributed by atoms with E-state index in [9.17, 15) is 19.8 Å². The number of carbonyl (C=O) groups is 2. The first-order chi connectivity index (χ1) is 41.9. The number of ether oxygens (including phenoxy) is 4. The minimum Gasteiger partial charge on any atom is -0.460 e. The van der Waals surface area contributed by atoms with Crippen LogP contribution in [0.2, 0.25) is 10.6 Å². The first-order valence-electron chi connectivity index (χ1n) is 27.3. The Balaban J connectivity index is 0.827. The molecule has 9 aromatic rings. The van der Waals surface area contributed by atoms with Crippen LogP contribution in [0.1, 0.15) is 63.3 Å². The molecule has 2 aliphatic rings. The maximum atomic E-state index is 15.3. The summed E-state index contributed by atoms with van der Waals surface area (Å²) >= 11 is 12.8. The average Bonchev–Trinajstić information content (AvgIpc) is 2.20. The summed E-state index contributed by atoms with van der Waals surface area (Å²) in [6.45, 7) is 3.40. The minimum atomic E-state index is -4.69. The smallest absolute Gasteiger partial charge is 0.459 e. The van der Waals surface area contributed by atoms with Gasteiger partial charge in [0, 0.05) is 30.0 Å². The number of nitrogens with zero attached hydrogens (tertiary/aromatic N) is 8. The van der Waals surface area contributed by atoms with E-state index >= 15 is 9.13 Å². The van der Waals surface area contributed by atoms with Crippen LogP contribution in [0.25, 0.3) is 33.1 Å². The van der Waals surface area contributed by atoms with Crippen molar-refractivity contribution in [1.82, 2.24) is 49.2 Å². The molecule has 0 bridgehead atoms. The molecule has 11 atom stereocenters. The van der Waals surface area contributed by atoms with Gasteiger partial charge >= 0.3 is 27.4 Å². The van der Waals surface area contributed by atoms with Crippen molar-refractivity contribution in [2.45, 2.75) is 95.3 Å². The Morgan fingerprint density at radius 1 is 0.690 bits per heavy atom. The SMILES string of the molecule is C[C@H](NP(=O)(Oc1cccc2ccccc12)OC1C[C@H](n2cnc3c(Nc4cccc(OP(=O)(N[C@@H](C)C(=O)O[C@@H](C)c5ccccc5)OC5C[C@H](n6cnc7c(N)nc(Cl)nc76)O[C@@H]5CO)c4)nc(Cl)nc32)O[C@@H]1CO)C(=O)OCc1ccccc1. The Kier molecular flexibility index (Phi) is 18.5. The highest BCUT2D eigenvalue weighted by atomic mass is 35.5. The normalized spacial score (nSPS) is 21.0. The van der Waals surface area contributed by atoms with Crippen molar-refractivity contribution in [3.8, 4) is 11.5 Å². The van der Waals surface area contributed by atoms with Gasteiger partial charge in [-0.15, -0.1) is 0 Å². The Bertz CT molecular complexity index is 4040. The van der Waals surface area contributed by atoms with Gasteiger partial charge in [0.1, 0.15) is 78.7 Å². The number of fused-ring (bicyclic) bond motifs is 3. The van der Waals surface area contributed by atoms with Gasteiger partial charge in [-0.25, -0.2) is 19.1 Å². The number of anilines is 3. The Hall–Kier alpha value is -7.68. The number of rotatable bonds is 24. The molecular weight excluding hydrogens is 1210 g/mol. The Morgan fingerprint density at radius 3 is 1.92 bits per heavy atom. The van der Waals surface area contributed by atoms with Gasteiger partial charge in [-0.05, 0) is 78.7 Å². The van der Waals surface area contributed by atoms with Crippen molar-refractivity contribution in [3.63, 3.8) is 0 Å². The second-order valence-corrected chi connectivity index (χ2v) is 24.3. The van der Waals surface area contributed by atoms with Gasteiger partial charge in [-0.3, -0.25) is 27.8 Å². The van der Waals surface area contributed by atoms with Crippen LogP contribution in [-0.4, -0.2) is 111 Å². The van der Waals surface area contributed by atoms with Crippen LogP contribution in [0.15, 0.2) is 140 Å². The molecule has 4 aromatic heterocycles. The summed E-state index contributed by atoms with van der Waals surface area (Å²) in [5.41, 5.74) is 8.72. The molecule has 11 rings (SSSR count). The van der Waals surface area contributed by atoms with Gasteiger partial charge in [0.25, 0.3) is 0 Å². The van der Waals surface area contributed by atoms with E-state index in [0.717, 1.165) is 16.5 Å². The predicted molar refractivity (Wildman–Crippen MR) is 319 cm³/mol. The molecule has 2 saturated heterocycles. The van der Waals surface area contributed by atoms with E-state index in [1.54, 1.807) is 72.2 Å². The van der Waals surface area contributed by atoms with E-state index in [1.807, 2.05) is 54.6 Å². The zero-order valence-electron chi connectivity index (χ0n) is 46.6. The summed E-state index contributed by atoms with van der Waals surface area (Å²) in [5, 5.41) is 31.0. The number of carbonyl (C=O) groups excluding carboxylic acids is 2. The van der Waals surface area contributed by atoms with E-state index in [0.29, 0.717) is 11.1 Å². The van der Waals surface area contributed by atoms with Crippen molar-refractivity contribution < 1.29 is 66.0 Å². The maximum absolute atomic E-state index is 15.3. The molecular formula is C57H58Cl2N12O14P2. The monoisotopic (exact) mass is 1270 g/mol. The minimum absolute atomic E-state index is 0.0236. The first-order valence-corrected chi connectivity index (χ1v) is 31.2. The van der Waals surface area contributed by atoms with E-state index < -0.39 is 95.7 Å². The third-order valence-electron chi connectivity index (χ3n) is 14.2. The summed E-state index contributed by atoms with van der Waals surface area (Å²) in [4.78, 5) is 53.1. The molecule has 0 amide bonds. The number of hydrogen-bond acceptors (Lipinski definition) is 22. The molecule has 26 nitrogen and oxygen atoms in total. The van der Waals surface area contributed by atoms with Crippen molar-refractivity contribution in [3.05, 3.63) is 162 Å². The standard InChI is InChI=1S/C57H58Cl2N12O14P2/c1-32(54(74)78-29-35-14-6-4-7-15-35)68-87(77,83-41-23-12-19-37-18-10-11-22-40(37)41)85-43-26-47(81-45(43)28-73)71-31-62-49-51(65-57(59)67-53(49)71)63-38-20-13-21-39(24-38)82-86(76,69-33(2)55(75)79-34(3)36-16-8-5-9-17-36)84-42-25-46(80-44(42)27-72)70-30-61-48-50(60)64-56(58)66-52(48)70/h4-24,30-34,42-47,72-73H,25-29H2,1-3H3,(H,68,77)(H,69,76)(H2,60,64,66)(H,63,65,67)/t32-,33-,34-,42?,43?,44+,45+,46+,47+,86?,87?/m0/s1. The molecule has 454 valence electrons. The third kappa shape index (κ3) is 14.0. The fourth-order valence-electron chi connectivity index (χ4n) is 9.93. The summed E-state index contributed by atoms with van der Waals surface area (Å²) in [5.74, 6) is -1.18. The van der Waals surface area contributed by atoms with Crippen LogP contribution >= 0.6 is 38.7 Å². The van der Waals surface area contributed by atoms with Crippen LogP contribution < -0.4 is 30.3 Å². The Labute approximate surface area is 506 Å². The predicted octanol–water partition coefficient (Wildman–Crippen LogP) is 9.46. The van der Waals surface area contributed by atoms with Crippen molar-refractivity contribution in [2.75, 3.05) is 24.3 Å². The number of nitrogens with two attached hydrogens (primary N) is 1. The molecule has 2 fully saturated rings. The number of hydrogen-bond donors (Lipinski definition) is 6. The highest BCUT2D eigenvalue weighted by Crippen LogP contribution is 2.52. The number of aliphatic hydroxyl groups is 2. The lowest BCUT2D eigenvalue weighted by Gasteiger charge is -2.27. The molecule has 0 saturated carbocycles. The maximum Gasteiger partial charge on any atom is 0.459 e. The zero-order chi connectivity index (χ0) is 61.0. The molecule has 6 heterocycles. The molecule has 5 aromatic carbocycles. The number of aromatic nitrogens is 8. The van der Waals surface area contributed by atoms with E-state index in [4.69, 9.17) is 66.0 Å². The highest BCUT2D eigenvalue weighted by Gasteiger charge is 2.46. The van der Waals surface area contributed by atoms with Gasteiger partial charge in [-0.1, -0.05) is 103 Å². The van der Waals surface area contributed by atoms with Crippen molar-refractivity contribution in [1.29, 1.82) is 0 Å². The number of benzene rings is 5. The molecule has 0 aliphatic carbocycles. The third-order valence-corrected chi connectivity index (χ3v) is 17.9. The lowest BCUT2D eigenvalue weighted by atomic mass is 10.1. The topological polar surface area (TPSA) is 332 Å². The van der Waals surface area contributed by atoms with Gasteiger partial charge in [0.2, 0.25) is 10.6 Å². The lowest BCUT2D eigenvalue weighted by Crippen LogP contribution is -2.37. The van der Waals surface area contributed by atoms with Gasteiger partial charge in [-0.2, -0.15) is 30.1 Å². The molecule has 0 radical (unpaired) electrons. The fraction of sp³-hybridized carbons (Fsp3) is 0.298. The van der Waals surface area contributed by atoms with Crippen molar-refractivity contribution in [2.24, 2.45) is 0 Å². The van der Waals surface area contributed by atoms with Crippen LogP contribution in [0, 0.1) is 0 Å². The van der Waals surface area contributed by atoms with Crippen molar-refractivity contribution >= 4 is 101 Å². The summed E-state index contributed by atoms with van der Waals surface area (Å²) in [6.07, 6.45) is -4.14. The molecule has 4 unspecified atom stereocenters. The second kappa shape index (κ2) is 26.3. The molecule has 0 spiro atoms. The van der Waals surface area contributed by atoms with E-state index in [1.165, 1.54) is 43.2 Å². The number of nitrogens with one attached hydrogen (secondary N) is 3. The molecule has 2 aliphatic heterocycles. The van der Waals surface area contributed by atoms with Gasteiger partial charge in [0.15, 0.2) is 28.4 Å². The van der Waals surface area contributed by atoms with Crippen LogP contribution in [0.5, 0.6) is 11.5 Å². The Morgan fingerprint density at radius 2 is 1.25 bits per heavy atom. The molecule has 87 heavy (non-hydrogen) atoms. The number of imidazole rings is 2. The number of esters is 2. The quantitative estimate of drug-likeness (QED) is 0.0186. The number of nitrogen functional groups attached to an aromatic ring is 1. The number of aliphatic hydroxyl groups excluding tert-OH is 2. The van der Waals surface area contributed by atoms with Gasteiger partial charge < -0.3 is 49.3 Å². The van der Waals surface area contributed by atoms with Crippen LogP contribution in [-0.2, 0) is 53.3 Å². The largest absolute Gasteiger partial charge is 0.460 e. The lowest BCUT2D eigenvalue weighted by molar-refractivity contribution is -0.150. The zero-order valence-corrected chi connectivity index (χ0v) is 49.9. The average molecular weight is 1270 g/mol. The van der Waals surface area contributed by atoms with E-state index in [2.05, 4.69) is 45.4 Å². The summed E-state index contributed by atoms with van der Waals surface area (Å²) < 4.78 is 82.4. The second-order valence-electron chi connectivity index (χ2n) is 20.3. The van der Waals surface area contributed by atoms with E-state index in [-0.39, 0.29) is 75.5 Å². The van der Waals surface area contributed by atoms with Crippen LogP contribution in [0.3, 0.4) is 0 Å². The first kappa shape index (κ1) is 61.0. The number of halogens is 2.